The number of carboxylic acid groups (broad SMARTS) is 1. The maximum atomic E-state index is 10.6. The van der Waals surface area contributed by atoms with Crippen molar-refractivity contribution >= 4 is 21.9 Å². The highest BCUT2D eigenvalue weighted by molar-refractivity contribution is 9.10. The molecule has 5 nitrogen and oxygen atoms in total. The van der Waals surface area contributed by atoms with Crippen LogP contribution in [0, 0.1) is 0 Å². The van der Waals surface area contributed by atoms with Gasteiger partial charge in [-0.05, 0) is 40.2 Å². The van der Waals surface area contributed by atoms with Crippen LogP contribution in [0.2, 0.25) is 0 Å². The van der Waals surface area contributed by atoms with Crippen molar-refractivity contribution in [2.45, 2.75) is 0 Å². The van der Waals surface area contributed by atoms with Crippen LogP contribution in [0.5, 0.6) is 5.75 Å². The van der Waals surface area contributed by atoms with Gasteiger partial charge < -0.3 is 10.2 Å². The van der Waals surface area contributed by atoms with Crippen LogP contribution in [0.25, 0.3) is 11.3 Å². The molecule has 2 rings (SSSR count). The molecular weight excluding hydrogens is 276 g/mol. The molecule has 6 heteroatoms. The van der Waals surface area contributed by atoms with E-state index in [1.807, 2.05) is 0 Å². The van der Waals surface area contributed by atoms with Gasteiger partial charge in [0, 0.05) is 5.56 Å². The first-order valence-corrected chi connectivity index (χ1v) is 5.15. The van der Waals surface area contributed by atoms with Crippen LogP contribution in [0.15, 0.2) is 28.7 Å². The van der Waals surface area contributed by atoms with Gasteiger partial charge in [0.2, 0.25) is 0 Å². The summed E-state index contributed by atoms with van der Waals surface area (Å²) in [4.78, 5) is 10.6. The van der Waals surface area contributed by atoms with Crippen LogP contribution in [0.3, 0.4) is 0 Å². The molecule has 0 unspecified atom stereocenters. The second-order valence-electron chi connectivity index (χ2n) is 3.14. The third kappa shape index (κ3) is 1.92. The van der Waals surface area contributed by atoms with Gasteiger partial charge in [0.15, 0.2) is 0 Å². The van der Waals surface area contributed by atoms with Gasteiger partial charge in [-0.15, -0.1) is 0 Å². The number of aromatic nitrogens is 2. The summed E-state index contributed by atoms with van der Waals surface area (Å²) in [5.41, 5.74) is 1.26. The maximum absolute atomic E-state index is 10.6. The highest BCUT2D eigenvalue weighted by atomic mass is 79.9. The van der Waals surface area contributed by atoms with Crippen molar-refractivity contribution in [2.75, 3.05) is 0 Å². The molecule has 1 heterocycles. The minimum atomic E-state index is -1.06. The molecule has 0 fully saturated rings. The van der Waals surface area contributed by atoms with Crippen LogP contribution >= 0.6 is 15.9 Å². The van der Waals surface area contributed by atoms with Gasteiger partial charge in [0.25, 0.3) is 0 Å². The molecule has 1 aromatic carbocycles. The quantitative estimate of drug-likeness (QED) is 0.789. The predicted octanol–water partition coefficient (Wildman–Crippen LogP) is 2.24. The molecule has 16 heavy (non-hydrogen) atoms. The molecule has 82 valence electrons. The van der Waals surface area contributed by atoms with Crippen LogP contribution in [0.4, 0.5) is 0 Å². The van der Waals surface area contributed by atoms with Crippen molar-refractivity contribution in [1.82, 2.24) is 10.2 Å². The molecule has 0 aliphatic rings. The van der Waals surface area contributed by atoms with Gasteiger partial charge in [-0.3, -0.25) is 5.10 Å². The Morgan fingerprint density at radius 2 is 2.12 bits per heavy atom. The van der Waals surface area contributed by atoms with Crippen LogP contribution in [0.1, 0.15) is 10.5 Å². The van der Waals surface area contributed by atoms with Crippen LogP contribution in [-0.2, 0) is 0 Å². The smallest absolute Gasteiger partial charge is 0.353 e. The van der Waals surface area contributed by atoms with Crippen molar-refractivity contribution in [3.63, 3.8) is 0 Å². The van der Waals surface area contributed by atoms with Crippen molar-refractivity contribution < 1.29 is 15.0 Å². The summed E-state index contributed by atoms with van der Waals surface area (Å²) in [5, 5.41) is 24.3. The van der Waals surface area contributed by atoms with Gasteiger partial charge >= 0.3 is 5.97 Å². The molecule has 0 radical (unpaired) electrons. The lowest BCUT2D eigenvalue weighted by Gasteiger charge is -1.99. The van der Waals surface area contributed by atoms with Gasteiger partial charge in [0.05, 0.1) is 10.2 Å². The van der Waals surface area contributed by atoms with E-state index < -0.39 is 5.97 Å². The molecule has 0 aliphatic heterocycles. The molecule has 0 atom stereocenters. The lowest BCUT2D eigenvalue weighted by atomic mass is 10.1. The average molecular weight is 283 g/mol. The number of carboxylic acids is 1. The number of benzene rings is 1. The molecule has 0 saturated carbocycles. The average Bonchev–Trinajstić information content (AvgIpc) is 2.71. The molecule has 1 aromatic heterocycles. The van der Waals surface area contributed by atoms with Gasteiger partial charge in [-0.1, -0.05) is 0 Å². The Morgan fingerprint density at radius 3 is 2.69 bits per heavy atom. The summed E-state index contributed by atoms with van der Waals surface area (Å²) in [6.45, 7) is 0. The highest BCUT2D eigenvalue weighted by Gasteiger charge is 2.10. The van der Waals surface area contributed by atoms with Gasteiger partial charge in [-0.2, -0.15) is 5.10 Å². The van der Waals surface area contributed by atoms with Gasteiger partial charge in [0.1, 0.15) is 11.4 Å². The fourth-order valence-corrected chi connectivity index (χ4v) is 1.62. The van der Waals surface area contributed by atoms with Crippen molar-refractivity contribution in [3.05, 3.63) is 34.4 Å². The molecule has 2 aromatic rings. The number of phenolic OH excluding ortho intramolecular Hbond substituents is 1. The minimum absolute atomic E-state index is 0.0270. The number of aromatic amines is 1. The molecular formula is C10H7BrN2O3. The fraction of sp³-hybridized carbons (Fsp3) is 0. The second kappa shape index (κ2) is 3.97. The third-order valence-corrected chi connectivity index (χ3v) is 2.69. The van der Waals surface area contributed by atoms with Crippen molar-refractivity contribution in [2.24, 2.45) is 0 Å². The monoisotopic (exact) mass is 282 g/mol. The Bertz CT molecular complexity index is 551. The summed E-state index contributed by atoms with van der Waals surface area (Å²) >= 11 is 3.17. The highest BCUT2D eigenvalue weighted by Crippen LogP contribution is 2.28. The normalized spacial score (nSPS) is 10.3. The number of nitrogens with zero attached hydrogens (tertiary/aromatic N) is 1. The van der Waals surface area contributed by atoms with E-state index in [4.69, 9.17) is 5.11 Å². The van der Waals surface area contributed by atoms with Gasteiger partial charge in [-0.25, -0.2) is 4.79 Å². The minimum Gasteiger partial charge on any atom is -0.507 e. The van der Waals surface area contributed by atoms with E-state index in [-0.39, 0.29) is 11.4 Å². The molecule has 0 saturated heterocycles. The Morgan fingerprint density at radius 1 is 1.38 bits per heavy atom. The Labute approximate surface area is 98.9 Å². The van der Waals surface area contributed by atoms with E-state index in [0.717, 1.165) is 0 Å². The zero-order valence-corrected chi connectivity index (χ0v) is 9.52. The Kier molecular flexibility index (Phi) is 2.66. The van der Waals surface area contributed by atoms with E-state index >= 15 is 0 Å². The molecule has 0 spiro atoms. The second-order valence-corrected chi connectivity index (χ2v) is 3.99. The number of phenols is 1. The lowest BCUT2D eigenvalue weighted by Crippen LogP contribution is -1.95. The summed E-state index contributed by atoms with van der Waals surface area (Å²) in [6.07, 6.45) is 0. The first kappa shape index (κ1) is 10.7. The zero-order valence-electron chi connectivity index (χ0n) is 7.94. The number of aromatic hydroxyl groups is 1. The number of hydrogen-bond acceptors (Lipinski definition) is 3. The maximum Gasteiger partial charge on any atom is 0.353 e. The van der Waals surface area contributed by atoms with E-state index in [9.17, 15) is 9.90 Å². The summed E-state index contributed by atoms with van der Waals surface area (Å²) < 4.78 is 0.532. The fourth-order valence-electron chi connectivity index (χ4n) is 1.25. The molecule has 0 aliphatic carbocycles. The standard InChI is InChI=1S/C10H7BrN2O3/c11-6-3-5(1-2-9(6)14)7-4-8(10(15)16)13-12-7/h1-4,14H,(H,12,13)(H,15,16). The predicted molar refractivity (Wildman–Crippen MR) is 60.3 cm³/mol. The number of nitrogens with one attached hydrogen (secondary N) is 1. The number of hydrogen-bond donors (Lipinski definition) is 3. The van der Waals surface area contributed by atoms with E-state index in [1.54, 1.807) is 12.1 Å². The number of H-pyrrole nitrogens is 1. The summed E-state index contributed by atoms with van der Waals surface area (Å²) in [5.74, 6) is -0.936. The molecule has 3 N–H and O–H groups in total. The van der Waals surface area contributed by atoms with E-state index in [1.165, 1.54) is 12.1 Å². The number of carbonyl (C=O) groups is 1. The molecule has 0 amide bonds. The number of rotatable bonds is 2. The first-order chi connectivity index (χ1) is 7.58. The van der Waals surface area contributed by atoms with Crippen molar-refractivity contribution in [3.8, 4) is 17.0 Å². The Balaban J connectivity index is 2.42. The Hall–Kier alpha value is -1.82. The third-order valence-electron chi connectivity index (χ3n) is 2.05. The number of halogens is 1. The van der Waals surface area contributed by atoms with Crippen LogP contribution < -0.4 is 0 Å². The lowest BCUT2D eigenvalue weighted by molar-refractivity contribution is 0.0690. The van der Waals surface area contributed by atoms with Crippen molar-refractivity contribution in [1.29, 1.82) is 0 Å². The SMILES string of the molecule is O=C(O)c1cc(-c2ccc(O)c(Br)c2)n[nH]1. The number of aromatic carboxylic acids is 1. The van der Waals surface area contributed by atoms with E-state index in [0.29, 0.717) is 15.7 Å². The zero-order chi connectivity index (χ0) is 11.7. The summed E-state index contributed by atoms with van der Waals surface area (Å²) in [6, 6.07) is 6.26. The molecule has 0 bridgehead atoms. The largest absolute Gasteiger partial charge is 0.507 e. The first-order valence-electron chi connectivity index (χ1n) is 4.35. The summed E-state index contributed by atoms with van der Waals surface area (Å²) in [7, 11) is 0. The topological polar surface area (TPSA) is 86.2 Å². The van der Waals surface area contributed by atoms with Crippen LogP contribution in [-0.4, -0.2) is 26.4 Å². The van der Waals surface area contributed by atoms with E-state index in [2.05, 4.69) is 26.1 Å².